The fourth-order valence-corrected chi connectivity index (χ4v) is 1.93. The number of benzene rings is 3. The minimum atomic E-state index is 0. The molecule has 79 valence electrons. The number of hydrogen-bond donors (Lipinski definition) is 0. The fourth-order valence-electron chi connectivity index (χ4n) is 1.93. The van der Waals surface area contributed by atoms with E-state index in [1.807, 2.05) is 18.2 Å². The van der Waals surface area contributed by atoms with Gasteiger partial charge in [0.2, 0.25) is 0 Å². The Hall–Kier alpha value is -0.976. The molecule has 0 bridgehead atoms. The summed E-state index contributed by atoms with van der Waals surface area (Å²) in [5.74, 6) is 0. The van der Waals surface area contributed by atoms with Crippen LogP contribution >= 0.6 is 0 Å². The second kappa shape index (κ2) is 5.57. The van der Waals surface area contributed by atoms with Crippen LogP contribution in [-0.4, -0.2) is 0 Å². The maximum absolute atomic E-state index is 3.25. The number of rotatable bonds is 1. The molecular formula is C16H11Y-. The van der Waals surface area contributed by atoms with Gasteiger partial charge in [0.25, 0.3) is 0 Å². The molecule has 3 aromatic rings. The Kier molecular flexibility index (Phi) is 4.09. The van der Waals surface area contributed by atoms with Crippen LogP contribution in [0.5, 0.6) is 0 Å². The van der Waals surface area contributed by atoms with E-state index in [0.29, 0.717) is 0 Å². The summed E-state index contributed by atoms with van der Waals surface area (Å²) in [6, 6.07) is 26.2. The molecular weight excluding hydrogens is 281 g/mol. The van der Waals surface area contributed by atoms with Gasteiger partial charge in [-0.25, -0.2) is 0 Å². The molecule has 0 unspecified atom stereocenters. The van der Waals surface area contributed by atoms with E-state index in [0.717, 1.165) is 5.56 Å². The van der Waals surface area contributed by atoms with Crippen LogP contribution in [-0.2, 0) is 32.7 Å². The molecule has 0 aromatic heterocycles. The standard InChI is InChI=1S/C16H11.Y/c1-2-6-13(7-3-1)16-11-10-14-8-4-5-9-15(14)12-16;/h1-6,8-12H;/q-1;. The third-order valence-corrected chi connectivity index (χ3v) is 2.77. The van der Waals surface area contributed by atoms with Gasteiger partial charge >= 0.3 is 0 Å². The molecule has 0 nitrogen and oxygen atoms in total. The summed E-state index contributed by atoms with van der Waals surface area (Å²) >= 11 is 0. The van der Waals surface area contributed by atoms with Crippen molar-refractivity contribution in [2.24, 2.45) is 0 Å². The predicted octanol–water partition coefficient (Wildman–Crippen LogP) is 4.30. The molecule has 17 heavy (non-hydrogen) atoms. The maximum Gasteiger partial charge on any atom is 0 e. The predicted molar refractivity (Wildman–Crippen MR) is 68.2 cm³/mol. The Morgan fingerprint density at radius 3 is 2.24 bits per heavy atom. The molecule has 0 aliphatic carbocycles. The van der Waals surface area contributed by atoms with Crippen molar-refractivity contribution in [1.29, 1.82) is 0 Å². The van der Waals surface area contributed by atoms with Gasteiger partial charge in [0.1, 0.15) is 0 Å². The SMILES string of the molecule is [Y].[c-]1ccccc1-c1ccc2ccccc2c1. The summed E-state index contributed by atoms with van der Waals surface area (Å²) in [6.45, 7) is 0. The van der Waals surface area contributed by atoms with Gasteiger partial charge in [-0.1, -0.05) is 48.0 Å². The van der Waals surface area contributed by atoms with Gasteiger partial charge in [0.05, 0.1) is 0 Å². The van der Waals surface area contributed by atoms with Crippen molar-refractivity contribution < 1.29 is 32.7 Å². The topological polar surface area (TPSA) is 0 Å². The molecule has 0 aliphatic heterocycles. The van der Waals surface area contributed by atoms with Crippen LogP contribution in [0.2, 0.25) is 0 Å². The van der Waals surface area contributed by atoms with E-state index >= 15 is 0 Å². The van der Waals surface area contributed by atoms with Gasteiger partial charge in [-0.05, 0) is 10.8 Å². The first kappa shape index (κ1) is 12.5. The van der Waals surface area contributed by atoms with E-state index in [2.05, 4.69) is 54.6 Å². The van der Waals surface area contributed by atoms with Crippen molar-refractivity contribution in [2.75, 3.05) is 0 Å². The quantitative estimate of drug-likeness (QED) is 0.586. The minimum absolute atomic E-state index is 0. The average molecular weight is 292 g/mol. The summed E-state index contributed by atoms with van der Waals surface area (Å²) in [4.78, 5) is 0. The molecule has 0 spiro atoms. The fraction of sp³-hybridized carbons (Fsp3) is 0. The molecule has 3 rings (SSSR count). The van der Waals surface area contributed by atoms with Crippen LogP contribution in [0, 0.1) is 6.07 Å². The summed E-state index contributed by atoms with van der Waals surface area (Å²) in [5.41, 5.74) is 2.37. The van der Waals surface area contributed by atoms with Crippen LogP contribution in [0.1, 0.15) is 0 Å². The van der Waals surface area contributed by atoms with Crippen molar-refractivity contribution in [2.45, 2.75) is 0 Å². The van der Waals surface area contributed by atoms with E-state index in [4.69, 9.17) is 0 Å². The Labute approximate surface area is 127 Å². The van der Waals surface area contributed by atoms with Gasteiger partial charge in [-0.3, -0.25) is 0 Å². The summed E-state index contributed by atoms with van der Waals surface area (Å²) in [7, 11) is 0. The van der Waals surface area contributed by atoms with Crippen molar-refractivity contribution in [1.82, 2.24) is 0 Å². The smallest absolute Gasteiger partial charge is 0 e. The molecule has 1 radical (unpaired) electrons. The average Bonchev–Trinajstić information content (AvgIpc) is 2.39. The molecule has 0 heterocycles. The van der Waals surface area contributed by atoms with Crippen LogP contribution < -0.4 is 0 Å². The Morgan fingerprint density at radius 1 is 0.706 bits per heavy atom. The first-order valence-electron chi connectivity index (χ1n) is 5.39. The summed E-state index contributed by atoms with van der Waals surface area (Å²) in [5, 5.41) is 2.56. The zero-order valence-corrected chi connectivity index (χ0v) is 12.3. The Morgan fingerprint density at radius 2 is 1.47 bits per heavy atom. The van der Waals surface area contributed by atoms with Crippen molar-refractivity contribution >= 4 is 10.8 Å². The van der Waals surface area contributed by atoms with E-state index in [1.165, 1.54) is 16.3 Å². The zero-order chi connectivity index (χ0) is 10.8. The summed E-state index contributed by atoms with van der Waals surface area (Å²) in [6.07, 6.45) is 0. The normalized spacial score (nSPS) is 9.88. The first-order valence-corrected chi connectivity index (χ1v) is 5.39. The summed E-state index contributed by atoms with van der Waals surface area (Å²) < 4.78 is 0. The first-order chi connectivity index (χ1) is 7.93. The van der Waals surface area contributed by atoms with E-state index in [9.17, 15) is 0 Å². The van der Waals surface area contributed by atoms with Crippen LogP contribution in [0.4, 0.5) is 0 Å². The molecule has 3 aromatic carbocycles. The second-order valence-corrected chi connectivity index (χ2v) is 3.84. The van der Waals surface area contributed by atoms with Gasteiger partial charge in [0.15, 0.2) is 0 Å². The number of hydrogen-bond acceptors (Lipinski definition) is 0. The van der Waals surface area contributed by atoms with Gasteiger partial charge in [-0.15, -0.1) is 35.9 Å². The van der Waals surface area contributed by atoms with Crippen molar-refractivity contribution in [3.8, 4) is 11.1 Å². The van der Waals surface area contributed by atoms with Crippen molar-refractivity contribution in [3.63, 3.8) is 0 Å². The molecule has 0 amide bonds. The zero-order valence-electron chi connectivity index (χ0n) is 9.43. The maximum atomic E-state index is 3.25. The van der Waals surface area contributed by atoms with Crippen LogP contribution in [0.3, 0.4) is 0 Å². The van der Waals surface area contributed by atoms with Crippen LogP contribution in [0.25, 0.3) is 21.9 Å². The van der Waals surface area contributed by atoms with E-state index in [1.54, 1.807) is 0 Å². The van der Waals surface area contributed by atoms with Crippen molar-refractivity contribution in [3.05, 3.63) is 72.8 Å². The minimum Gasteiger partial charge on any atom is -0.147 e. The monoisotopic (exact) mass is 292 g/mol. The largest absolute Gasteiger partial charge is 0.147 e. The molecule has 0 aliphatic rings. The Bertz CT molecular complexity index is 615. The molecule has 0 saturated heterocycles. The third kappa shape index (κ3) is 2.65. The molecule has 0 fully saturated rings. The number of fused-ring (bicyclic) bond motifs is 1. The Balaban J connectivity index is 0.00000108. The van der Waals surface area contributed by atoms with Crippen LogP contribution in [0.15, 0.2) is 66.7 Å². The molecule has 0 N–H and O–H groups in total. The molecule has 0 saturated carbocycles. The van der Waals surface area contributed by atoms with Gasteiger partial charge in [0, 0.05) is 32.7 Å². The van der Waals surface area contributed by atoms with Gasteiger partial charge < -0.3 is 0 Å². The van der Waals surface area contributed by atoms with E-state index < -0.39 is 0 Å². The molecule has 0 atom stereocenters. The third-order valence-electron chi connectivity index (χ3n) is 2.77. The van der Waals surface area contributed by atoms with E-state index in [-0.39, 0.29) is 32.7 Å². The second-order valence-electron chi connectivity index (χ2n) is 3.84. The van der Waals surface area contributed by atoms with Gasteiger partial charge in [-0.2, -0.15) is 0 Å². The molecule has 1 heteroatoms.